The Bertz CT molecular complexity index is 316. The zero-order chi connectivity index (χ0) is 9.84. The van der Waals surface area contributed by atoms with Crippen LogP contribution < -0.4 is 0 Å². The molecule has 2 nitrogen and oxygen atoms in total. The molecule has 13 heavy (non-hydrogen) atoms. The van der Waals surface area contributed by atoms with Gasteiger partial charge in [0.25, 0.3) is 0 Å². The molecule has 0 bridgehead atoms. The van der Waals surface area contributed by atoms with Crippen molar-refractivity contribution in [3.8, 4) is 0 Å². The van der Waals surface area contributed by atoms with E-state index in [-0.39, 0.29) is 0 Å². The van der Waals surface area contributed by atoms with Crippen molar-refractivity contribution in [2.24, 2.45) is 0 Å². The van der Waals surface area contributed by atoms with E-state index in [0.717, 1.165) is 16.8 Å². The summed E-state index contributed by atoms with van der Waals surface area (Å²) < 4.78 is 0. The Morgan fingerprint density at radius 3 is 2.23 bits per heavy atom. The predicted molar refractivity (Wildman–Crippen MR) is 57.2 cm³/mol. The molecular formula is C10H11NOS. The Labute approximate surface area is 83.2 Å². The van der Waals surface area contributed by atoms with Crippen molar-refractivity contribution in [2.75, 3.05) is 14.1 Å². The molecule has 0 unspecified atom stereocenters. The van der Waals surface area contributed by atoms with Gasteiger partial charge in [-0.3, -0.25) is 4.79 Å². The van der Waals surface area contributed by atoms with Gasteiger partial charge in [-0.2, -0.15) is 0 Å². The topological polar surface area (TPSA) is 20.3 Å². The van der Waals surface area contributed by atoms with E-state index in [2.05, 4.69) is 0 Å². The number of nitrogens with zero attached hydrogens (tertiary/aromatic N) is 1. The van der Waals surface area contributed by atoms with Gasteiger partial charge in [-0.05, 0) is 0 Å². The highest BCUT2D eigenvalue weighted by Gasteiger charge is 2.01. The largest absolute Gasteiger partial charge is 0.368 e. The second-order valence-electron chi connectivity index (χ2n) is 2.94. The smallest absolute Gasteiger partial charge is 0.150 e. The zero-order valence-corrected chi connectivity index (χ0v) is 8.47. The lowest BCUT2D eigenvalue weighted by molar-refractivity contribution is 0.112. The standard InChI is InChI=1S/C10H11NOS/c1-11(2)10(13)9-5-3-8(7-12)4-6-9/h3-7H,1-2H3. The summed E-state index contributed by atoms with van der Waals surface area (Å²) in [5.74, 6) is 0. The molecule has 3 heteroatoms. The molecule has 68 valence electrons. The monoisotopic (exact) mass is 193 g/mol. The summed E-state index contributed by atoms with van der Waals surface area (Å²) in [5.41, 5.74) is 1.64. The van der Waals surface area contributed by atoms with Crippen LogP contribution in [0.2, 0.25) is 0 Å². The van der Waals surface area contributed by atoms with Crippen LogP contribution in [-0.4, -0.2) is 30.3 Å². The number of rotatable bonds is 2. The maximum absolute atomic E-state index is 10.4. The minimum absolute atomic E-state index is 0.672. The molecule has 1 rings (SSSR count). The van der Waals surface area contributed by atoms with Crippen molar-refractivity contribution < 1.29 is 4.79 Å². The van der Waals surface area contributed by atoms with Crippen LogP contribution in [0.5, 0.6) is 0 Å². The SMILES string of the molecule is CN(C)C(=S)c1ccc(C=O)cc1. The Morgan fingerprint density at radius 2 is 1.85 bits per heavy atom. The van der Waals surface area contributed by atoms with Gasteiger partial charge in [-0.1, -0.05) is 36.5 Å². The van der Waals surface area contributed by atoms with Crippen molar-refractivity contribution in [3.05, 3.63) is 35.4 Å². The molecular weight excluding hydrogens is 182 g/mol. The fraction of sp³-hybridized carbons (Fsp3) is 0.200. The van der Waals surface area contributed by atoms with Crippen LogP contribution in [0, 0.1) is 0 Å². The van der Waals surface area contributed by atoms with Gasteiger partial charge in [0, 0.05) is 25.2 Å². The summed E-state index contributed by atoms with van der Waals surface area (Å²) in [7, 11) is 3.80. The molecule has 0 fully saturated rings. The van der Waals surface area contributed by atoms with Crippen LogP contribution in [-0.2, 0) is 0 Å². The molecule has 0 aliphatic rings. The van der Waals surface area contributed by atoms with Crippen molar-refractivity contribution in [1.82, 2.24) is 4.90 Å². The molecule has 0 aliphatic heterocycles. The molecule has 1 aromatic rings. The number of hydrogen-bond donors (Lipinski definition) is 0. The predicted octanol–water partition coefficient (Wildman–Crippen LogP) is 1.74. The van der Waals surface area contributed by atoms with E-state index in [1.807, 2.05) is 31.1 Å². The van der Waals surface area contributed by atoms with Gasteiger partial charge in [0.2, 0.25) is 0 Å². The third-order valence-corrected chi connectivity index (χ3v) is 2.30. The van der Waals surface area contributed by atoms with E-state index in [4.69, 9.17) is 12.2 Å². The maximum atomic E-state index is 10.4. The van der Waals surface area contributed by atoms with Gasteiger partial charge < -0.3 is 4.90 Å². The van der Waals surface area contributed by atoms with Crippen molar-refractivity contribution in [2.45, 2.75) is 0 Å². The fourth-order valence-corrected chi connectivity index (χ4v) is 1.10. The van der Waals surface area contributed by atoms with Gasteiger partial charge in [0.05, 0.1) is 0 Å². The van der Waals surface area contributed by atoms with E-state index < -0.39 is 0 Å². The van der Waals surface area contributed by atoms with Crippen LogP contribution in [0.4, 0.5) is 0 Å². The lowest BCUT2D eigenvalue weighted by Crippen LogP contribution is -2.20. The summed E-state index contributed by atoms with van der Waals surface area (Å²) in [6, 6.07) is 7.23. The highest BCUT2D eigenvalue weighted by atomic mass is 32.1. The maximum Gasteiger partial charge on any atom is 0.150 e. The second-order valence-corrected chi connectivity index (χ2v) is 3.33. The van der Waals surface area contributed by atoms with E-state index in [1.165, 1.54) is 0 Å². The first-order valence-corrected chi connectivity index (χ1v) is 4.33. The molecule has 0 aromatic heterocycles. The van der Waals surface area contributed by atoms with Crippen molar-refractivity contribution in [1.29, 1.82) is 0 Å². The molecule has 0 amide bonds. The fourth-order valence-electron chi connectivity index (χ4n) is 0.962. The summed E-state index contributed by atoms with van der Waals surface area (Å²) in [4.78, 5) is 13.0. The Balaban J connectivity index is 2.92. The van der Waals surface area contributed by atoms with E-state index in [9.17, 15) is 4.79 Å². The van der Waals surface area contributed by atoms with Gasteiger partial charge in [0.15, 0.2) is 0 Å². The number of carbonyl (C=O) groups is 1. The molecule has 0 saturated heterocycles. The van der Waals surface area contributed by atoms with Crippen LogP contribution in [0.25, 0.3) is 0 Å². The number of aldehydes is 1. The van der Waals surface area contributed by atoms with Crippen LogP contribution in [0.3, 0.4) is 0 Å². The molecule has 1 aromatic carbocycles. The minimum Gasteiger partial charge on any atom is -0.368 e. The van der Waals surface area contributed by atoms with E-state index in [0.29, 0.717) is 5.56 Å². The molecule has 0 saturated carbocycles. The average molecular weight is 193 g/mol. The lowest BCUT2D eigenvalue weighted by Gasteiger charge is -2.13. The van der Waals surface area contributed by atoms with Gasteiger partial charge >= 0.3 is 0 Å². The van der Waals surface area contributed by atoms with Crippen molar-refractivity contribution in [3.63, 3.8) is 0 Å². The Kier molecular flexibility index (Phi) is 3.14. The summed E-state index contributed by atoms with van der Waals surface area (Å²) in [6.07, 6.45) is 0.822. The minimum atomic E-state index is 0.672. The van der Waals surface area contributed by atoms with E-state index in [1.54, 1.807) is 12.1 Å². The highest BCUT2D eigenvalue weighted by Crippen LogP contribution is 2.05. The first-order chi connectivity index (χ1) is 6.15. The lowest BCUT2D eigenvalue weighted by atomic mass is 10.1. The molecule has 0 radical (unpaired) electrons. The van der Waals surface area contributed by atoms with Gasteiger partial charge in [-0.15, -0.1) is 0 Å². The number of carbonyl (C=O) groups excluding carboxylic acids is 1. The first kappa shape index (κ1) is 9.86. The molecule has 0 heterocycles. The number of benzene rings is 1. The van der Waals surface area contributed by atoms with E-state index >= 15 is 0 Å². The normalized spacial score (nSPS) is 9.38. The summed E-state index contributed by atoms with van der Waals surface area (Å²) in [6.45, 7) is 0. The van der Waals surface area contributed by atoms with Crippen LogP contribution in [0.1, 0.15) is 15.9 Å². The number of hydrogen-bond acceptors (Lipinski definition) is 2. The van der Waals surface area contributed by atoms with Crippen LogP contribution in [0.15, 0.2) is 24.3 Å². The number of thiocarbonyl (C=S) groups is 1. The average Bonchev–Trinajstić information content (AvgIpc) is 2.17. The van der Waals surface area contributed by atoms with Crippen LogP contribution >= 0.6 is 12.2 Å². The second kappa shape index (κ2) is 4.14. The third kappa shape index (κ3) is 2.36. The first-order valence-electron chi connectivity index (χ1n) is 3.92. The summed E-state index contributed by atoms with van der Waals surface area (Å²) >= 11 is 5.16. The van der Waals surface area contributed by atoms with Crippen molar-refractivity contribution >= 4 is 23.5 Å². The Morgan fingerprint density at radius 1 is 1.31 bits per heavy atom. The molecule has 0 aliphatic carbocycles. The zero-order valence-electron chi connectivity index (χ0n) is 7.65. The molecule has 0 N–H and O–H groups in total. The van der Waals surface area contributed by atoms with Gasteiger partial charge in [0.1, 0.15) is 11.3 Å². The quantitative estimate of drug-likeness (QED) is 0.527. The third-order valence-electron chi connectivity index (χ3n) is 1.70. The van der Waals surface area contributed by atoms with Gasteiger partial charge in [-0.25, -0.2) is 0 Å². The molecule has 0 atom stereocenters. The molecule has 0 spiro atoms. The summed E-state index contributed by atoms with van der Waals surface area (Å²) in [5, 5.41) is 0. The highest BCUT2D eigenvalue weighted by molar-refractivity contribution is 7.80. The Hall–Kier alpha value is -1.22.